The number of carbonyl (C=O) groups excluding carboxylic acids is 2. The van der Waals surface area contributed by atoms with E-state index in [2.05, 4.69) is 41.5 Å². The van der Waals surface area contributed by atoms with E-state index in [1.54, 1.807) is 21.0 Å². The summed E-state index contributed by atoms with van der Waals surface area (Å²) in [6.45, 7) is 7.18. The maximum absolute atomic E-state index is 14.1. The van der Waals surface area contributed by atoms with Crippen molar-refractivity contribution in [1.29, 1.82) is 0 Å². The number of likely N-dealkylation sites (tertiary alicyclic amines) is 2. The lowest BCUT2D eigenvalue weighted by Gasteiger charge is -2.52. The highest BCUT2D eigenvalue weighted by Gasteiger charge is 2.61. The fourth-order valence-corrected chi connectivity index (χ4v) is 9.38. The fraction of sp³-hybridized carbons (Fsp3) is 0.500. The first kappa shape index (κ1) is 32.6. The van der Waals surface area contributed by atoms with Gasteiger partial charge in [0.15, 0.2) is 5.82 Å². The number of ether oxygens (including phenoxy) is 1. The third kappa shape index (κ3) is 5.53. The number of benzene rings is 1. The van der Waals surface area contributed by atoms with Crippen LogP contribution in [0.5, 0.6) is 5.75 Å². The van der Waals surface area contributed by atoms with Gasteiger partial charge in [0.2, 0.25) is 5.95 Å². The van der Waals surface area contributed by atoms with Crippen LogP contribution in [-0.2, 0) is 13.1 Å². The van der Waals surface area contributed by atoms with E-state index in [0.717, 1.165) is 59.0 Å². The molecule has 3 aliphatic carbocycles. The Morgan fingerprint density at radius 1 is 0.943 bits per heavy atom. The van der Waals surface area contributed by atoms with Gasteiger partial charge in [-0.3, -0.25) is 9.59 Å². The molecule has 1 aromatic carbocycles. The Kier molecular flexibility index (Phi) is 7.37. The molecule has 5 fully saturated rings. The molecule has 5 aliphatic rings. The molecule has 6 heterocycles. The van der Waals surface area contributed by atoms with Gasteiger partial charge in [-0.15, -0.1) is 0 Å². The van der Waals surface area contributed by atoms with Gasteiger partial charge >= 0.3 is 0 Å². The van der Waals surface area contributed by atoms with Gasteiger partial charge in [0.25, 0.3) is 11.8 Å². The number of nitrogens with one attached hydrogen (secondary N) is 1. The minimum Gasteiger partial charge on any atom is -0.494 e. The van der Waals surface area contributed by atoms with Crippen LogP contribution in [0.25, 0.3) is 33.6 Å². The Morgan fingerprint density at radius 2 is 1.74 bits per heavy atom. The molecule has 3 unspecified atom stereocenters. The van der Waals surface area contributed by atoms with E-state index >= 15 is 0 Å². The number of pyridine rings is 1. The number of fused-ring (bicyclic) bond motifs is 2. The molecule has 5 aromatic rings. The van der Waals surface area contributed by atoms with Crippen molar-refractivity contribution >= 4 is 39.8 Å². The van der Waals surface area contributed by atoms with E-state index in [9.17, 15) is 14.7 Å². The van der Waals surface area contributed by atoms with Crippen LogP contribution in [0.4, 0.5) is 5.95 Å². The first-order chi connectivity index (χ1) is 25.6. The molecule has 0 spiro atoms. The number of nitrogens with zero attached hydrogens (tertiary/aromatic N) is 8. The molecular formula is C40H45N9O4. The summed E-state index contributed by atoms with van der Waals surface area (Å²) in [5.41, 5.74) is 3.67. The summed E-state index contributed by atoms with van der Waals surface area (Å²) in [6, 6.07) is 10.5. The quantitative estimate of drug-likeness (QED) is 0.199. The molecule has 13 heteroatoms. The summed E-state index contributed by atoms with van der Waals surface area (Å²) >= 11 is 0. The van der Waals surface area contributed by atoms with Gasteiger partial charge in [0, 0.05) is 80.8 Å². The summed E-state index contributed by atoms with van der Waals surface area (Å²) in [5.74, 6) is 4.71. The number of anilines is 1. The summed E-state index contributed by atoms with van der Waals surface area (Å²) in [5, 5.41) is 14.1. The number of aromatic nitrogens is 6. The number of hydrogen-bond acceptors (Lipinski definition) is 9. The topological polar surface area (TPSA) is 144 Å². The molecule has 4 atom stereocenters. The van der Waals surface area contributed by atoms with E-state index in [-0.39, 0.29) is 17.7 Å². The lowest BCUT2D eigenvalue weighted by molar-refractivity contribution is -0.0204. The van der Waals surface area contributed by atoms with Crippen LogP contribution in [0, 0.1) is 29.6 Å². The van der Waals surface area contributed by atoms with Crippen LogP contribution < -0.4 is 10.1 Å². The SMILES string of the molecule is COc1cc(C(=O)N2CC3CC4CC2[C@H]43)cc2nc(-c3cc4cccnc4n3CC3CC3)n(CC3CN(C(=O)c4cnc(NCC(C)(C)O)nc4)C3)c12. The molecule has 3 saturated carbocycles. The highest BCUT2D eigenvalue weighted by Crippen LogP contribution is 2.61. The number of rotatable bonds is 11. The first-order valence-corrected chi connectivity index (χ1v) is 19.0. The second-order valence-electron chi connectivity index (χ2n) is 16.7. The van der Waals surface area contributed by atoms with Gasteiger partial charge in [-0.05, 0) is 93.5 Å². The van der Waals surface area contributed by atoms with Gasteiger partial charge in [-0.25, -0.2) is 19.9 Å². The molecule has 0 bridgehead atoms. The lowest BCUT2D eigenvalue weighted by atomic mass is 9.53. The number of hydrogen-bond donors (Lipinski definition) is 2. The predicted octanol–water partition coefficient (Wildman–Crippen LogP) is 4.70. The largest absolute Gasteiger partial charge is 0.494 e. The normalized spacial score (nSPS) is 23.5. The number of amides is 2. The summed E-state index contributed by atoms with van der Waals surface area (Å²) in [4.78, 5) is 50.1. The van der Waals surface area contributed by atoms with Crippen LogP contribution in [0.15, 0.2) is 48.9 Å². The zero-order valence-electron chi connectivity index (χ0n) is 30.4. The van der Waals surface area contributed by atoms with Crippen molar-refractivity contribution in [3.05, 3.63) is 60.0 Å². The minimum atomic E-state index is -0.910. The van der Waals surface area contributed by atoms with E-state index < -0.39 is 5.60 Å². The average Bonchev–Trinajstić information content (AvgIpc) is 3.77. The third-order valence-corrected chi connectivity index (χ3v) is 12.3. The lowest BCUT2D eigenvalue weighted by Crippen LogP contribution is -2.53. The van der Waals surface area contributed by atoms with Crippen molar-refractivity contribution in [2.75, 3.05) is 38.6 Å². The zero-order valence-corrected chi connectivity index (χ0v) is 30.4. The van der Waals surface area contributed by atoms with Crippen molar-refractivity contribution in [3.8, 4) is 17.3 Å². The van der Waals surface area contributed by atoms with Crippen molar-refractivity contribution in [1.82, 2.24) is 38.9 Å². The monoisotopic (exact) mass is 715 g/mol. The van der Waals surface area contributed by atoms with Gasteiger partial charge in [-0.1, -0.05) is 0 Å². The van der Waals surface area contributed by atoms with Crippen LogP contribution in [0.1, 0.15) is 60.2 Å². The van der Waals surface area contributed by atoms with E-state index in [1.165, 1.54) is 31.7 Å². The highest BCUT2D eigenvalue weighted by atomic mass is 16.5. The number of aliphatic hydroxyl groups is 1. The smallest absolute Gasteiger partial charge is 0.257 e. The maximum atomic E-state index is 14.1. The Morgan fingerprint density at radius 3 is 2.45 bits per heavy atom. The summed E-state index contributed by atoms with van der Waals surface area (Å²) in [7, 11) is 1.66. The molecule has 2 N–H and O–H groups in total. The van der Waals surface area contributed by atoms with Crippen molar-refractivity contribution in [3.63, 3.8) is 0 Å². The molecule has 10 rings (SSSR count). The van der Waals surface area contributed by atoms with Gasteiger partial charge in [-0.2, -0.15) is 0 Å². The Bertz CT molecular complexity index is 2260. The Labute approximate surface area is 307 Å². The molecule has 13 nitrogen and oxygen atoms in total. The molecule has 0 radical (unpaired) electrons. The van der Waals surface area contributed by atoms with E-state index in [0.29, 0.717) is 72.8 Å². The number of imidazole rings is 1. The second-order valence-corrected chi connectivity index (χ2v) is 16.7. The molecule has 2 aliphatic heterocycles. The maximum Gasteiger partial charge on any atom is 0.257 e. The van der Waals surface area contributed by atoms with Crippen LogP contribution in [-0.4, -0.2) is 101 Å². The molecule has 53 heavy (non-hydrogen) atoms. The zero-order chi connectivity index (χ0) is 36.2. The number of carbonyl (C=O) groups is 2. The fourth-order valence-electron chi connectivity index (χ4n) is 9.38. The van der Waals surface area contributed by atoms with Crippen molar-refractivity contribution in [2.45, 2.75) is 64.3 Å². The van der Waals surface area contributed by atoms with Gasteiger partial charge < -0.3 is 34.1 Å². The molecule has 2 saturated heterocycles. The molecule has 4 aromatic heterocycles. The molecular weight excluding hydrogens is 670 g/mol. The van der Waals surface area contributed by atoms with E-state index in [4.69, 9.17) is 14.7 Å². The van der Waals surface area contributed by atoms with E-state index in [1.807, 2.05) is 29.3 Å². The number of methoxy groups -OCH3 is 1. The van der Waals surface area contributed by atoms with Gasteiger partial charge in [0.05, 0.1) is 29.5 Å². The van der Waals surface area contributed by atoms with Crippen molar-refractivity contribution in [2.24, 2.45) is 29.6 Å². The average molecular weight is 716 g/mol. The third-order valence-electron chi connectivity index (χ3n) is 12.3. The van der Waals surface area contributed by atoms with Crippen LogP contribution >= 0.6 is 0 Å². The predicted molar refractivity (Wildman–Crippen MR) is 198 cm³/mol. The molecule has 2 amide bonds. The highest BCUT2D eigenvalue weighted by molar-refractivity contribution is 6.00. The van der Waals surface area contributed by atoms with Gasteiger partial charge in [0.1, 0.15) is 16.9 Å². The molecule has 274 valence electrons. The van der Waals surface area contributed by atoms with Crippen LogP contribution in [0.2, 0.25) is 0 Å². The Hall–Kier alpha value is -5.04. The minimum absolute atomic E-state index is 0.0735. The summed E-state index contributed by atoms with van der Waals surface area (Å²) < 4.78 is 10.6. The van der Waals surface area contributed by atoms with Crippen molar-refractivity contribution < 1.29 is 19.4 Å². The first-order valence-electron chi connectivity index (χ1n) is 19.0. The second kappa shape index (κ2) is 12.0. The Balaban J connectivity index is 0.971. The summed E-state index contributed by atoms with van der Waals surface area (Å²) in [6.07, 6.45) is 9.71. The van der Waals surface area contributed by atoms with Crippen LogP contribution in [0.3, 0.4) is 0 Å². The standard InChI is InChI=1S/C40H45N9O4/c1-40(2,52)21-44-39-42-14-28(15-43-39)37(50)46-16-23(17-46)19-49-34-29(45-36(49)31-11-24-5-4-8-41-35(24)47(31)18-22-6-7-22)10-26(13-32(34)53-3)38(51)48-20-27-9-25-12-30(48)33(25)27/h4-5,8,10-11,13-15,22-23,25,27,30,33,52H,6-7,9,12,16-21H2,1-3H3,(H,42,43,44)/t25?,27?,30?,33-/m1/s1.